The number of hydrogen-bond acceptors (Lipinski definition) is 7. The van der Waals surface area contributed by atoms with E-state index in [0.29, 0.717) is 5.56 Å². The molecular weight excluding hydrogens is 452 g/mol. The maximum absolute atomic E-state index is 12.9. The van der Waals surface area contributed by atoms with Gasteiger partial charge < -0.3 is 31.9 Å². The summed E-state index contributed by atoms with van der Waals surface area (Å²) in [6.45, 7) is 3.25. The average molecular weight is 483 g/mol. The van der Waals surface area contributed by atoms with E-state index in [9.17, 15) is 29.1 Å². The van der Waals surface area contributed by atoms with Crippen molar-refractivity contribution in [3.8, 4) is 0 Å². The third kappa shape index (κ3) is 9.49. The van der Waals surface area contributed by atoms with Crippen molar-refractivity contribution in [2.24, 2.45) is 11.7 Å². The molecule has 0 saturated heterocycles. The van der Waals surface area contributed by atoms with Crippen molar-refractivity contribution >= 4 is 42.3 Å². The number of amides is 3. The molecule has 4 unspecified atom stereocenters. The summed E-state index contributed by atoms with van der Waals surface area (Å²) >= 11 is 4.07. The molecule has 0 radical (unpaired) electrons. The molecule has 3 amide bonds. The number of rotatable bonds is 13. The highest BCUT2D eigenvalue weighted by atomic mass is 32.1. The Bertz CT molecular complexity index is 850. The Morgan fingerprint density at radius 3 is 1.94 bits per heavy atom. The van der Waals surface area contributed by atoms with E-state index in [4.69, 9.17) is 10.8 Å². The fourth-order valence-corrected chi connectivity index (χ4v) is 3.11. The third-order valence-corrected chi connectivity index (χ3v) is 5.06. The van der Waals surface area contributed by atoms with Crippen LogP contribution in [0.4, 0.5) is 0 Å². The van der Waals surface area contributed by atoms with Crippen LogP contribution in [0.2, 0.25) is 0 Å². The number of carboxylic acid groups (broad SMARTS) is 2. The minimum atomic E-state index is -1.38. The molecule has 0 heterocycles. The summed E-state index contributed by atoms with van der Waals surface area (Å²) in [5, 5.41) is 25.4. The molecule has 182 valence electrons. The number of benzene rings is 1. The first-order valence-electron chi connectivity index (χ1n) is 10.2. The molecule has 33 heavy (non-hydrogen) atoms. The second-order valence-corrected chi connectivity index (χ2v) is 8.13. The molecule has 1 aromatic carbocycles. The van der Waals surface area contributed by atoms with Crippen LogP contribution in [0.3, 0.4) is 0 Å². The first kappa shape index (κ1) is 27.9. The van der Waals surface area contributed by atoms with Gasteiger partial charge in [-0.1, -0.05) is 44.2 Å². The van der Waals surface area contributed by atoms with E-state index in [2.05, 4.69) is 28.6 Å². The zero-order valence-electron chi connectivity index (χ0n) is 18.4. The third-order valence-electron chi connectivity index (χ3n) is 4.69. The molecule has 1 aromatic rings. The molecule has 0 saturated carbocycles. The Hall–Kier alpha value is -3.12. The van der Waals surface area contributed by atoms with Crippen LogP contribution in [0.5, 0.6) is 0 Å². The van der Waals surface area contributed by atoms with Crippen molar-refractivity contribution in [1.29, 1.82) is 0 Å². The largest absolute Gasteiger partial charge is 0.481 e. The van der Waals surface area contributed by atoms with Crippen LogP contribution < -0.4 is 21.7 Å². The van der Waals surface area contributed by atoms with Crippen LogP contribution in [0, 0.1) is 5.92 Å². The van der Waals surface area contributed by atoms with Gasteiger partial charge in [0, 0.05) is 12.2 Å². The summed E-state index contributed by atoms with van der Waals surface area (Å²) in [6.07, 6.45) is -0.582. The molecular formula is C21H30N4O7S. The quantitative estimate of drug-likeness (QED) is 0.177. The van der Waals surface area contributed by atoms with E-state index in [-0.39, 0.29) is 12.2 Å². The van der Waals surface area contributed by atoms with Crippen LogP contribution in [-0.4, -0.2) is 69.8 Å². The summed E-state index contributed by atoms with van der Waals surface area (Å²) < 4.78 is 0. The van der Waals surface area contributed by atoms with Gasteiger partial charge >= 0.3 is 11.9 Å². The Balaban J connectivity index is 2.99. The van der Waals surface area contributed by atoms with Gasteiger partial charge in [-0.05, 0) is 11.5 Å². The Labute approximate surface area is 196 Å². The smallest absolute Gasteiger partial charge is 0.326 e. The highest BCUT2D eigenvalue weighted by molar-refractivity contribution is 7.80. The number of nitrogens with two attached hydrogens (primary N) is 1. The van der Waals surface area contributed by atoms with E-state index < -0.39 is 66.2 Å². The lowest BCUT2D eigenvalue weighted by Gasteiger charge is -2.25. The lowest BCUT2D eigenvalue weighted by molar-refractivity contribution is -0.143. The van der Waals surface area contributed by atoms with E-state index in [1.807, 2.05) is 0 Å². The minimum absolute atomic E-state index is 0.0445. The van der Waals surface area contributed by atoms with Crippen LogP contribution >= 0.6 is 12.6 Å². The number of carboxylic acids is 2. The summed E-state index contributed by atoms with van der Waals surface area (Å²) in [5.41, 5.74) is 6.29. The van der Waals surface area contributed by atoms with Gasteiger partial charge in [-0.2, -0.15) is 12.6 Å². The molecule has 0 aliphatic heterocycles. The van der Waals surface area contributed by atoms with Crippen LogP contribution in [0.1, 0.15) is 25.8 Å². The van der Waals surface area contributed by atoms with Crippen molar-refractivity contribution < 1.29 is 34.2 Å². The lowest BCUT2D eigenvalue weighted by atomic mass is 10.0. The molecule has 4 atom stereocenters. The zero-order valence-corrected chi connectivity index (χ0v) is 19.2. The fraction of sp³-hybridized carbons (Fsp3) is 0.476. The maximum Gasteiger partial charge on any atom is 0.326 e. The van der Waals surface area contributed by atoms with Gasteiger partial charge in [-0.3, -0.25) is 19.2 Å². The lowest BCUT2D eigenvalue weighted by Crippen LogP contribution is -2.58. The molecule has 0 aliphatic rings. The van der Waals surface area contributed by atoms with Gasteiger partial charge in [0.05, 0.1) is 12.5 Å². The number of aliphatic carboxylic acids is 2. The Morgan fingerprint density at radius 2 is 1.45 bits per heavy atom. The van der Waals surface area contributed by atoms with Crippen molar-refractivity contribution in [3.63, 3.8) is 0 Å². The standard InChI is InChI=1S/C21H30N4O7S/c1-11(2)17(21(31)32)25-20(30)15(10-33)24-19(29)14(8-12-6-4-3-5-7-12)23-18(28)13(22)9-16(26)27/h3-7,11,13-15,17,33H,8-10,22H2,1-2H3,(H,23,28)(H,24,29)(H,25,30)(H,26,27)(H,31,32). The minimum Gasteiger partial charge on any atom is -0.481 e. The normalized spacial score (nSPS) is 14.5. The maximum atomic E-state index is 12.9. The number of carbonyl (C=O) groups excluding carboxylic acids is 3. The van der Waals surface area contributed by atoms with Gasteiger partial charge in [0.1, 0.15) is 18.1 Å². The second-order valence-electron chi connectivity index (χ2n) is 7.77. The van der Waals surface area contributed by atoms with Crippen LogP contribution in [-0.2, 0) is 30.4 Å². The molecule has 0 fully saturated rings. The Kier molecular flexibility index (Phi) is 11.4. The zero-order chi connectivity index (χ0) is 25.1. The summed E-state index contributed by atoms with van der Waals surface area (Å²) in [6, 6.07) is 3.83. The highest BCUT2D eigenvalue weighted by Crippen LogP contribution is 2.06. The van der Waals surface area contributed by atoms with E-state index >= 15 is 0 Å². The first-order chi connectivity index (χ1) is 15.5. The van der Waals surface area contributed by atoms with Crippen molar-refractivity contribution in [2.75, 3.05) is 5.75 Å². The highest BCUT2D eigenvalue weighted by Gasteiger charge is 2.31. The SMILES string of the molecule is CC(C)C(NC(=O)C(CS)NC(=O)C(Cc1ccccc1)NC(=O)C(N)CC(=O)O)C(=O)O. The van der Waals surface area contributed by atoms with E-state index in [1.54, 1.807) is 44.2 Å². The molecule has 12 heteroatoms. The Morgan fingerprint density at radius 1 is 0.909 bits per heavy atom. The number of carbonyl (C=O) groups is 5. The summed E-state index contributed by atoms with van der Waals surface area (Å²) in [5.74, 6) is -5.34. The molecule has 0 aliphatic carbocycles. The molecule has 1 rings (SSSR count). The number of nitrogens with one attached hydrogen (secondary N) is 3. The molecule has 0 spiro atoms. The van der Waals surface area contributed by atoms with Crippen LogP contribution in [0.15, 0.2) is 30.3 Å². The molecule has 11 nitrogen and oxygen atoms in total. The predicted octanol–water partition coefficient (Wildman–Crippen LogP) is -0.844. The molecule has 0 bridgehead atoms. The van der Waals surface area contributed by atoms with Crippen molar-refractivity contribution in [2.45, 2.75) is 50.9 Å². The molecule has 7 N–H and O–H groups in total. The van der Waals surface area contributed by atoms with Gasteiger partial charge in [-0.25, -0.2) is 4.79 Å². The number of hydrogen-bond donors (Lipinski definition) is 7. The number of thiol groups is 1. The monoisotopic (exact) mass is 482 g/mol. The topological polar surface area (TPSA) is 188 Å². The predicted molar refractivity (Wildman–Crippen MR) is 122 cm³/mol. The van der Waals surface area contributed by atoms with Gasteiger partial charge in [0.25, 0.3) is 0 Å². The fourth-order valence-electron chi connectivity index (χ4n) is 2.85. The van der Waals surface area contributed by atoms with Gasteiger partial charge in [0.2, 0.25) is 17.7 Å². The van der Waals surface area contributed by atoms with Crippen LogP contribution in [0.25, 0.3) is 0 Å². The van der Waals surface area contributed by atoms with Gasteiger partial charge in [0.15, 0.2) is 0 Å². The van der Waals surface area contributed by atoms with E-state index in [0.717, 1.165) is 0 Å². The van der Waals surface area contributed by atoms with Crippen molar-refractivity contribution in [3.05, 3.63) is 35.9 Å². The average Bonchev–Trinajstić information content (AvgIpc) is 2.74. The van der Waals surface area contributed by atoms with Gasteiger partial charge in [-0.15, -0.1) is 0 Å². The summed E-state index contributed by atoms with van der Waals surface area (Å²) in [7, 11) is 0. The first-order valence-corrected chi connectivity index (χ1v) is 10.9. The molecule has 0 aromatic heterocycles. The van der Waals surface area contributed by atoms with E-state index in [1.165, 1.54) is 0 Å². The second kappa shape index (κ2) is 13.4. The van der Waals surface area contributed by atoms with Crippen molar-refractivity contribution in [1.82, 2.24) is 16.0 Å². The summed E-state index contributed by atoms with van der Waals surface area (Å²) in [4.78, 5) is 60.0.